The van der Waals surface area contributed by atoms with Crippen molar-refractivity contribution < 1.29 is 32.1 Å². The van der Waals surface area contributed by atoms with E-state index in [4.69, 9.17) is 23.6 Å². The summed E-state index contributed by atoms with van der Waals surface area (Å²) in [5, 5.41) is 14.3. The van der Waals surface area contributed by atoms with Gasteiger partial charge in [0.25, 0.3) is 0 Å². The van der Waals surface area contributed by atoms with Gasteiger partial charge in [0.15, 0.2) is 5.82 Å². The highest BCUT2D eigenvalue weighted by Crippen LogP contribution is 2.54. The van der Waals surface area contributed by atoms with Gasteiger partial charge in [-0.15, -0.1) is 0 Å². The number of nitriles is 1. The van der Waals surface area contributed by atoms with E-state index in [9.17, 15) is 9.36 Å². The Morgan fingerprint density at radius 1 is 1.00 bits per heavy atom. The fraction of sp³-hybridized carbons (Fsp3) is 0.675. The average Bonchev–Trinajstić information content (AvgIpc) is 3.83. The molecule has 3 heterocycles. The number of carbonyl (C=O) groups is 1. The number of nitrogens with one attached hydrogen (secondary N) is 3. The number of amides is 2. The first-order valence-corrected chi connectivity index (χ1v) is 21.7. The third kappa shape index (κ3) is 13.9. The third-order valence-corrected chi connectivity index (χ3v) is 11.3. The first-order valence-electron chi connectivity index (χ1n) is 20.3. The minimum Gasteiger partial charge on any atom is -0.373 e. The number of anilines is 1. The highest BCUT2D eigenvalue weighted by molar-refractivity contribution is 7.48. The average molecular weight is 786 g/mol. The van der Waals surface area contributed by atoms with Crippen molar-refractivity contribution in [1.29, 1.82) is 5.26 Å². The van der Waals surface area contributed by atoms with Crippen molar-refractivity contribution in [2.45, 2.75) is 149 Å². The van der Waals surface area contributed by atoms with Gasteiger partial charge in [-0.1, -0.05) is 90.4 Å². The minimum atomic E-state index is -4.11. The van der Waals surface area contributed by atoms with Crippen molar-refractivity contribution in [3.05, 3.63) is 35.7 Å². The zero-order valence-corrected chi connectivity index (χ0v) is 34.1. The summed E-state index contributed by atoms with van der Waals surface area (Å²) in [5.74, 6) is -0.166. The van der Waals surface area contributed by atoms with E-state index >= 15 is 4.39 Å². The molecule has 304 valence electrons. The van der Waals surface area contributed by atoms with Crippen LogP contribution in [0.3, 0.4) is 0 Å². The molecule has 3 aromatic rings. The van der Waals surface area contributed by atoms with Gasteiger partial charge in [0.05, 0.1) is 42.8 Å². The molecule has 1 aliphatic heterocycles. The van der Waals surface area contributed by atoms with Gasteiger partial charge in [0.2, 0.25) is 5.95 Å². The van der Waals surface area contributed by atoms with Crippen LogP contribution in [-0.4, -0.2) is 52.3 Å². The van der Waals surface area contributed by atoms with E-state index in [0.29, 0.717) is 48.2 Å². The summed E-state index contributed by atoms with van der Waals surface area (Å²) in [6.45, 7) is 8.34. The lowest BCUT2D eigenvalue weighted by atomic mass is 9.98. The van der Waals surface area contributed by atoms with Crippen LogP contribution in [0, 0.1) is 17.1 Å². The summed E-state index contributed by atoms with van der Waals surface area (Å²) in [6, 6.07) is 3.15. The summed E-state index contributed by atoms with van der Waals surface area (Å²) in [6.07, 6.45) is 20.9. The lowest BCUT2D eigenvalue weighted by Gasteiger charge is -2.28. The number of unbranched alkanes of at least 4 members (excludes halogenated alkanes) is 13. The molecule has 2 aromatic heterocycles. The summed E-state index contributed by atoms with van der Waals surface area (Å²) in [4.78, 5) is 28.7. The molecule has 1 saturated heterocycles. The number of halogens is 1. The lowest BCUT2D eigenvalue weighted by molar-refractivity contribution is 0.0243. The van der Waals surface area contributed by atoms with E-state index in [-0.39, 0.29) is 37.0 Å². The first kappa shape index (κ1) is 44.2. The summed E-state index contributed by atoms with van der Waals surface area (Å²) in [7, 11) is -4.11. The first-order chi connectivity index (χ1) is 26.6. The molecule has 0 saturated carbocycles. The maximum atomic E-state index is 16.4. The van der Waals surface area contributed by atoms with Crippen LogP contribution >= 0.6 is 7.82 Å². The number of phosphoric ester groups is 1. The number of nitrogens with zero attached hydrogens (tertiary/aromatic N) is 4. The Kier molecular flexibility index (Phi) is 18.4. The number of hydrogen-bond donors (Lipinski definition) is 3. The highest BCUT2D eigenvalue weighted by Gasteiger charge is 2.38. The van der Waals surface area contributed by atoms with Crippen molar-refractivity contribution >= 4 is 30.8 Å². The number of urea groups is 1. The number of rotatable bonds is 26. The standard InChI is InChI=1S/C40H61FN7O6P/c1-5-7-8-9-10-11-12-13-14-15-16-17-18-19-25-52-55(50,53-26-21-23-42)54-40(3,4)37-44-28-30(29-45-37)31-27-32-36(34(35(31)41)33-22-20-24-51-33)47-38(46-32)48-39(49)43-6-2/h27-29,33H,5-22,24-26H2,1-4H3,(H3,43,46,47,48,49). The second kappa shape index (κ2) is 22.9. The SMILES string of the molecule is CCCCCCCCCCCCCCCCOP(=O)(OCCC#N)OC(C)(C)c1ncc(-c2cc3[nH]c(NC(=O)NCC)nc3c(C3CCCO3)c2F)cn1. The number of imidazole rings is 1. The maximum absolute atomic E-state index is 16.4. The van der Waals surface area contributed by atoms with Gasteiger partial charge in [0.1, 0.15) is 11.4 Å². The molecule has 0 bridgehead atoms. The van der Waals surface area contributed by atoms with Crippen molar-refractivity contribution in [3.8, 4) is 17.2 Å². The van der Waals surface area contributed by atoms with Gasteiger partial charge in [-0.3, -0.25) is 18.9 Å². The molecular formula is C40H61FN7O6P. The van der Waals surface area contributed by atoms with Crippen molar-refractivity contribution in [2.75, 3.05) is 31.7 Å². The fourth-order valence-electron chi connectivity index (χ4n) is 6.70. The van der Waals surface area contributed by atoms with Crippen LogP contribution in [0.5, 0.6) is 0 Å². The van der Waals surface area contributed by atoms with E-state index in [1.165, 1.54) is 76.6 Å². The molecule has 55 heavy (non-hydrogen) atoms. The zero-order chi connectivity index (χ0) is 39.5. The van der Waals surface area contributed by atoms with Gasteiger partial charge in [0, 0.05) is 42.2 Å². The molecular weight excluding hydrogens is 724 g/mol. The van der Waals surface area contributed by atoms with Crippen LogP contribution in [0.1, 0.15) is 154 Å². The molecule has 0 spiro atoms. The molecule has 3 N–H and O–H groups in total. The Morgan fingerprint density at radius 2 is 1.62 bits per heavy atom. The number of aromatic nitrogens is 4. The predicted octanol–water partition coefficient (Wildman–Crippen LogP) is 10.9. The molecule has 1 aliphatic rings. The summed E-state index contributed by atoms with van der Waals surface area (Å²) < 4.78 is 53.3. The van der Waals surface area contributed by atoms with E-state index in [1.54, 1.807) is 26.8 Å². The van der Waals surface area contributed by atoms with E-state index < -0.39 is 31.4 Å². The van der Waals surface area contributed by atoms with Gasteiger partial charge in [-0.05, 0) is 46.1 Å². The number of fused-ring (bicyclic) bond motifs is 1. The molecule has 1 fully saturated rings. The number of carbonyl (C=O) groups excluding carboxylic acids is 1. The van der Waals surface area contributed by atoms with Crippen LogP contribution < -0.4 is 10.6 Å². The smallest absolute Gasteiger partial charge is 0.373 e. The number of ether oxygens (including phenoxy) is 1. The van der Waals surface area contributed by atoms with Crippen LogP contribution in [0.2, 0.25) is 0 Å². The summed E-state index contributed by atoms with van der Waals surface area (Å²) >= 11 is 0. The maximum Gasteiger partial charge on any atom is 0.475 e. The van der Waals surface area contributed by atoms with Crippen LogP contribution in [0.4, 0.5) is 15.1 Å². The monoisotopic (exact) mass is 785 g/mol. The van der Waals surface area contributed by atoms with Crippen LogP contribution in [0.15, 0.2) is 18.5 Å². The van der Waals surface area contributed by atoms with Gasteiger partial charge in [-0.25, -0.2) is 28.7 Å². The predicted molar refractivity (Wildman–Crippen MR) is 212 cm³/mol. The molecule has 0 radical (unpaired) electrons. The Hall–Kier alpha value is -3.47. The quantitative estimate of drug-likeness (QED) is 0.0525. The Morgan fingerprint density at radius 3 is 2.20 bits per heavy atom. The van der Waals surface area contributed by atoms with E-state index in [2.05, 4.69) is 37.5 Å². The normalized spacial score (nSPS) is 15.6. The molecule has 4 rings (SSSR count). The fourth-order valence-corrected chi connectivity index (χ4v) is 8.19. The molecule has 2 amide bonds. The molecule has 15 heteroatoms. The zero-order valence-electron chi connectivity index (χ0n) is 33.2. The lowest BCUT2D eigenvalue weighted by Crippen LogP contribution is -2.28. The molecule has 2 unspecified atom stereocenters. The molecule has 13 nitrogen and oxygen atoms in total. The van der Waals surface area contributed by atoms with E-state index in [0.717, 1.165) is 25.7 Å². The summed E-state index contributed by atoms with van der Waals surface area (Å²) in [5.41, 5.74) is 0.447. The van der Waals surface area contributed by atoms with Gasteiger partial charge < -0.3 is 15.0 Å². The molecule has 1 aromatic carbocycles. The van der Waals surface area contributed by atoms with Crippen LogP contribution in [-0.2, 0) is 28.5 Å². The number of aromatic amines is 1. The third-order valence-electron chi connectivity index (χ3n) is 9.62. The molecule has 0 aliphatic carbocycles. The number of benzene rings is 1. The highest BCUT2D eigenvalue weighted by atomic mass is 31.2. The second-order valence-corrected chi connectivity index (χ2v) is 16.2. The van der Waals surface area contributed by atoms with Crippen molar-refractivity contribution in [3.63, 3.8) is 0 Å². The largest absolute Gasteiger partial charge is 0.475 e. The van der Waals surface area contributed by atoms with Gasteiger partial charge in [-0.2, -0.15) is 5.26 Å². The van der Waals surface area contributed by atoms with Crippen LogP contribution in [0.25, 0.3) is 22.2 Å². The second-order valence-electron chi connectivity index (χ2n) is 14.6. The Bertz CT molecular complexity index is 1710. The van der Waals surface area contributed by atoms with E-state index in [1.807, 2.05) is 6.07 Å². The minimum absolute atomic E-state index is 0.0187. The topological polar surface area (TPSA) is 173 Å². The van der Waals surface area contributed by atoms with Crippen molar-refractivity contribution in [1.82, 2.24) is 25.3 Å². The number of H-pyrrole nitrogens is 1. The number of hydrogen-bond acceptors (Lipinski definition) is 10. The Labute approximate surface area is 325 Å². The van der Waals surface area contributed by atoms with Gasteiger partial charge >= 0.3 is 13.9 Å². The van der Waals surface area contributed by atoms with Crippen molar-refractivity contribution in [2.24, 2.45) is 0 Å². The Balaban J connectivity index is 1.36. The molecule has 2 atom stereocenters. The number of phosphoric acid groups is 1.